The third kappa shape index (κ3) is 8.82. The van der Waals surface area contributed by atoms with Gasteiger partial charge in [0.2, 0.25) is 0 Å². The Morgan fingerprint density at radius 2 is 1.21 bits per heavy atom. The molecule has 0 amide bonds. The molecule has 0 saturated heterocycles. The molecule has 0 aliphatic heterocycles. The summed E-state index contributed by atoms with van der Waals surface area (Å²) < 4.78 is 74.7. The predicted octanol–water partition coefficient (Wildman–Crippen LogP) is 2.28. The van der Waals surface area contributed by atoms with Gasteiger partial charge in [0.1, 0.15) is 0 Å². The van der Waals surface area contributed by atoms with Crippen molar-refractivity contribution in [3.8, 4) is 0 Å². The highest BCUT2D eigenvalue weighted by molar-refractivity contribution is 6.50. The summed E-state index contributed by atoms with van der Waals surface area (Å²) in [7, 11) is -6.00. The molecule has 1 rings (SSSR count). The van der Waals surface area contributed by atoms with E-state index in [2.05, 4.69) is 0 Å². The Bertz CT molecular complexity index is 242. The van der Waals surface area contributed by atoms with E-state index in [9.17, 15) is 30.5 Å². The maximum Gasteiger partial charge on any atom is 0.673 e. The first-order chi connectivity index (χ1) is 6.18. The molecule has 0 N–H and O–H groups in total. The summed E-state index contributed by atoms with van der Waals surface area (Å²) in [5, 5.41) is 0. The van der Waals surface area contributed by atoms with Crippen molar-refractivity contribution >= 4 is 7.25 Å². The molecule has 0 aromatic carbocycles. The van der Waals surface area contributed by atoms with Gasteiger partial charge in [0.05, 0.1) is 4.48 Å². The van der Waals surface area contributed by atoms with Crippen LogP contribution in [0.15, 0.2) is 18.5 Å². The predicted molar refractivity (Wildman–Crippen MR) is 33.2 cm³/mol. The molecule has 80 valence electrons. The number of halogens is 7. The zero-order valence-electron chi connectivity index (χ0n) is 6.40. The van der Waals surface area contributed by atoms with Crippen molar-refractivity contribution in [2.24, 2.45) is 0 Å². The minimum atomic E-state index is -6.00. The van der Waals surface area contributed by atoms with Crippen LogP contribution in [0.3, 0.4) is 0 Å². The third-order valence-corrected chi connectivity index (χ3v) is 0.769. The molecule has 1 heterocycles. The van der Waals surface area contributed by atoms with Crippen molar-refractivity contribution in [2.75, 3.05) is 0 Å². The van der Waals surface area contributed by atoms with Gasteiger partial charge in [0.25, 0.3) is 12.4 Å². The molecule has 9 heteroatoms. The fourth-order valence-corrected chi connectivity index (χ4v) is 0.479. The minimum Gasteiger partial charge on any atom is -0.418 e. The van der Waals surface area contributed by atoms with Crippen molar-refractivity contribution in [2.45, 2.75) is 0 Å². The highest BCUT2D eigenvalue weighted by atomic mass is 19.5. The summed E-state index contributed by atoms with van der Waals surface area (Å²) in [5.74, 6) is -1.87. The van der Waals surface area contributed by atoms with Crippen LogP contribution in [0.4, 0.5) is 30.5 Å². The van der Waals surface area contributed by atoms with Crippen LogP contribution < -0.4 is 4.79 Å². The number of hydrogen-bond acceptors (Lipinski definition) is 0. The molecule has 0 aliphatic rings. The molecule has 0 spiro atoms. The lowest BCUT2D eigenvalue weighted by molar-refractivity contribution is -0.845. The van der Waals surface area contributed by atoms with E-state index in [0.717, 1.165) is 0 Å². The largest absolute Gasteiger partial charge is 0.673 e. The molecule has 0 fully saturated rings. The van der Waals surface area contributed by atoms with Crippen molar-refractivity contribution in [3.63, 3.8) is 0 Å². The van der Waals surface area contributed by atoms with Gasteiger partial charge in [0, 0.05) is 10.9 Å². The van der Waals surface area contributed by atoms with Crippen LogP contribution in [0.25, 0.3) is 0 Å². The average Bonchev–Trinajstić information content (AvgIpc) is 1.77. The van der Waals surface area contributed by atoms with E-state index in [4.69, 9.17) is 0 Å². The maximum absolute atomic E-state index is 11.9. The molecule has 1 aromatic rings. The lowest BCUT2D eigenvalue weighted by Gasteiger charge is -1.94. The second-order valence-corrected chi connectivity index (χ2v) is 2.01. The topological polar surface area (TPSA) is 3.88 Å². The normalized spacial score (nSPS) is 10.5. The SMILES string of the molecule is F[B-](F)(F)F.Fc1cc(F)c[n+](F)c1. The molecule has 1 nitrogen and oxygen atoms in total. The second-order valence-electron chi connectivity index (χ2n) is 2.01. The Balaban J connectivity index is 0.000000292. The second kappa shape index (κ2) is 4.82. The van der Waals surface area contributed by atoms with Crippen LogP contribution in [0.5, 0.6) is 0 Å². The number of rotatable bonds is 0. The molecule has 1 aromatic heterocycles. The van der Waals surface area contributed by atoms with Crippen molar-refractivity contribution in [1.82, 2.24) is 0 Å². The average molecular weight is 221 g/mol. The monoisotopic (exact) mass is 221 g/mol. The highest BCUT2D eigenvalue weighted by Gasteiger charge is 2.20. The lowest BCUT2D eigenvalue weighted by Crippen LogP contribution is -2.22. The summed E-state index contributed by atoms with van der Waals surface area (Å²) in [6.45, 7) is 0. The van der Waals surface area contributed by atoms with E-state index in [0.29, 0.717) is 18.5 Å². The van der Waals surface area contributed by atoms with E-state index in [1.54, 1.807) is 0 Å². The smallest absolute Gasteiger partial charge is 0.418 e. The summed E-state index contributed by atoms with van der Waals surface area (Å²) in [4.78, 5) is -0.176. The summed E-state index contributed by atoms with van der Waals surface area (Å²) in [6.07, 6.45) is 1.06. The first-order valence-corrected chi connectivity index (χ1v) is 3.09. The van der Waals surface area contributed by atoms with Gasteiger partial charge in [-0.3, -0.25) is 0 Å². The van der Waals surface area contributed by atoms with Gasteiger partial charge in [-0.05, 0) is 0 Å². The number of hydrogen-bond donors (Lipinski definition) is 0. The summed E-state index contributed by atoms with van der Waals surface area (Å²) >= 11 is 0. The zero-order valence-corrected chi connectivity index (χ0v) is 6.40. The van der Waals surface area contributed by atoms with Gasteiger partial charge < -0.3 is 17.3 Å². The Labute approximate surface area is 73.8 Å². The van der Waals surface area contributed by atoms with E-state index < -0.39 is 18.9 Å². The summed E-state index contributed by atoms with van der Waals surface area (Å²) in [6, 6.07) is 0.593. The first kappa shape index (κ1) is 12.7. The number of pyridine rings is 1. The molecule has 0 saturated carbocycles. The standard InChI is InChI=1S/C5H3F3N.BF4/c6-4-1-5(7)3-9(8)2-4;2-1(3,4)5/h1-3H;/q+1;-1. The van der Waals surface area contributed by atoms with E-state index in [1.807, 2.05) is 0 Å². The van der Waals surface area contributed by atoms with Crippen LogP contribution >= 0.6 is 0 Å². The lowest BCUT2D eigenvalue weighted by atomic mass is 10.3. The first-order valence-electron chi connectivity index (χ1n) is 3.09. The van der Waals surface area contributed by atoms with Crippen LogP contribution in [-0.2, 0) is 0 Å². The van der Waals surface area contributed by atoms with Crippen LogP contribution in [0, 0.1) is 11.6 Å². The van der Waals surface area contributed by atoms with E-state index >= 15 is 0 Å². The van der Waals surface area contributed by atoms with E-state index in [-0.39, 0.29) is 4.79 Å². The van der Waals surface area contributed by atoms with Crippen LogP contribution in [0.2, 0.25) is 0 Å². The van der Waals surface area contributed by atoms with Crippen LogP contribution in [-0.4, -0.2) is 7.25 Å². The van der Waals surface area contributed by atoms with Gasteiger partial charge >= 0.3 is 7.25 Å². The fourth-order valence-electron chi connectivity index (χ4n) is 0.479. The molecule has 0 atom stereocenters. The molecule has 0 unspecified atom stereocenters. The van der Waals surface area contributed by atoms with Gasteiger partial charge in [0.15, 0.2) is 11.6 Å². The number of aromatic nitrogens is 1. The molecular weight excluding hydrogens is 218 g/mol. The minimum absolute atomic E-state index is 0.176. The van der Waals surface area contributed by atoms with Crippen molar-refractivity contribution < 1.29 is 35.3 Å². The molecule has 0 bridgehead atoms. The van der Waals surface area contributed by atoms with Crippen molar-refractivity contribution in [3.05, 3.63) is 30.1 Å². The molecule has 0 radical (unpaired) electrons. The summed E-state index contributed by atoms with van der Waals surface area (Å²) in [5.41, 5.74) is 0. The van der Waals surface area contributed by atoms with Gasteiger partial charge in [-0.1, -0.05) is 0 Å². The Morgan fingerprint density at radius 3 is 1.43 bits per heavy atom. The van der Waals surface area contributed by atoms with Crippen molar-refractivity contribution in [1.29, 1.82) is 0 Å². The molecular formula is C5H3BF7N. The number of nitrogens with zero attached hydrogens (tertiary/aromatic N) is 1. The van der Waals surface area contributed by atoms with Crippen LogP contribution in [0.1, 0.15) is 0 Å². The third-order valence-electron chi connectivity index (χ3n) is 0.769. The Morgan fingerprint density at radius 1 is 0.929 bits per heavy atom. The Hall–Kier alpha value is -1.28. The zero-order chi connectivity index (χ0) is 11.4. The quantitative estimate of drug-likeness (QED) is 0.467. The fraction of sp³-hybridized carbons (Fsp3) is 0. The van der Waals surface area contributed by atoms with Gasteiger partial charge in [-0.2, -0.15) is 0 Å². The molecule has 14 heavy (non-hydrogen) atoms. The van der Waals surface area contributed by atoms with Gasteiger partial charge in [-0.15, -0.1) is 0 Å². The molecule has 0 aliphatic carbocycles. The maximum atomic E-state index is 11.9. The Kier molecular flexibility index (Phi) is 4.38. The van der Waals surface area contributed by atoms with Gasteiger partial charge in [-0.25, -0.2) is 8.78 Å². The van der Waals surface area contributed by atoms with E-state index in [1.165, 1.54) is 0 Å². The highest BCUT2D eigenvalue weighted by Crippen LogP contribution is 2.06.